The lowest BCUT2D eigenvalue weighted by molar-refractivity contribution is 0.0526. The highest BCUT2D eigenvalue weighted by Crippen LogP contribution is 2.23. The molecule has 1 aliphatic heterocycles. The van der Waals surface area contributed by atoms with Gasteiger partial charge in [0.25, 0.3) is 0 Å². The number of hydrogen-bond acceptors (Lipinski definition) is 5. The molecule has 0 unspecified atom stereocenters. The van der Waals surface area contributed by atoms with E-state index in [1.54, 1.807) is 6.92 Å². The van der Waals surface area contributed by atoms with Crippen LogP contribution in [-0.4, -0.2) is 51.5 Å². The Hall–Kier alpha value is -2.09. The maximum absolute atomic E-state index is 12.9. The van der Waals surface area contributed by atoms with Crippen LogP contribution in [-0.2, 0) is 14.8 Å². The second kappa shape index (κ2) is 8.29. The molecule has 2 aromatic rings. The minimum Gasteiger partial charge on any atom is -0.462 e. The van der Waals surface area contributed by atoms with Crippen molar-refractivity contribution in [2.75, 3.05) is 37.7 Å². The number of carbonyl (C=O) groups excluding carboxylic acids is 1. The first kappa shape index (κ1) is 19.7. The summed E-state index contributed by atoms with van der Waals surface area (Å²) in [6.07, 6.45) is 0. The molecule has 6 nitrogen and oxygen atoms in total. The number of hydrogen-bond donors (Lipinski definition) is 0. The summed E-state index contributed by atoms with van der Waals surface area (Å²) in [5, 5.41) is 0.657. The smallest absolute Gasteiger partial charge is 0.338 e. The summed E-state index contributed by atoms with van der Waals surface area (Å²) < 4.78 is 32.1. The molecule has 0 N–H and O–H groups in total. The highest BCUT2D eigenvalue weighted by Gasteiger charge is 2.28. The zero-order valence-electron chi connectivity index (χ0n) is 15.0. The molecule has 2 aromatic carbocycles. The minimum atomic E-state index is -3.60. The van der Waals surface area contributed by atoms with E-state index in [-0.39, 0.29) is 11.5 Å². The summed E-state index contributed by atoms with van der Waals surface area (Å²) in [6.45, 7) is 3.93. The van der Waals surface area contributed by atoms with Crippen LogP contribution < -0.4 is 4.90 Å². The fourth-order valence-electron chi connectivity index (χ4n) is 2.99. The fraction of sp³-hybridized carbons (Fsp3) is 0.316. The van der Waals surface area contributed by atoms with Crippen LogP contribution in [0.1, 0.15) is 17.3 Å². The van der Waals surface area contributed by atoms with Gasteiger partial charge in [-0.3, -0.25) is 0 Å². The number of anilines is 1. The molecule has 0 atom stereocenters. The van der Waals surface area contributed by atoms with Gasteiger partial charge in [-0.1, -0.05) is 17.7 Å². The number of esters is 1. The second-order valence-electron chi connectivity index (χ2n) is 6.12. The minimum absolute atomic E-state index is 0.173. The van der Waals surface area contributed by atoms with Gasteiger partial charge in [0, 0.05) is 36.9 Å². The zero-order valence-corrected chi connectivity index (χ0v) is 16.5. The first-order chi connectivity index (χ1) is 12.9. The Kier molecular flexibility index (Phi) is 6.04. The SMILES string of the molecule is CCOC(=O)c1ccc(S(=O)(=O)N2CCN(c3cccc(Cl)c3)CC2)cc1. The first-order valence-electron chi connectivity index (χ1n) is 8.69. The zero-order chi connectivity index (χ0) is 19.4. The molecule has 1 aliphatic rings. The van der Waals surface area contributed by atoms with Crippen LogP contribution in [0.5, 0.6) is 0 Å². The fourth-order valence-corrected chi connectivity index (χ4v) is 4.59. The lowest BCUT2D eigenvalue weighted by atomic mass is 10.2. The summed E-state index contributed by atoms with van der Waals surface area (Å²) in [5.74, 6) is -0.461. The molecule has 3 rings (SSSR count). The molecule has 0 spiro atoms. The monoisotopic (exact) mass is 408 g/mol. The van der Waals surface area contributed by atoms with E-state index in [2.05, 4.69) is 4.90 Å². The van der Waals surface area contributed by atoms with Crippen molar-refractivity contribution in [1.29, 1.82) is 0 Å². The standard InChI is InChI=1S/C19H21ClN2O4S/c1-2-26-19(23)15-6-8-18(9-7-15)27(24,25)22-12-10-21(11-13-22)17-5-3-4-16(20)14-17/h3-9,14H,2,10-13H2,1H3. The van der Waals surface area contributed by atoms with Gasteiger partial charge in [-0.2, -0.15) is 4.31 Å². The molecule has 8 heteroatoms. The van der Waals surface area contributed by atoms with Crippen molar-refractivity contribution in [3.63, 3.8) is 0 Å². The van der Waals surface area contributed by atoms with Crippen molar-refractivity contribution in [2.45, 2.75) is 11.8 Å². The Morgan fingerprint density at radius 2 is 1.74 bits per heavy atom. The van der Waals surface area contributed by atoms with E-state index >= 15 is 0 Å². The largest absolute Gasteiger partial charge is 0.462 e. The summed E-state index contributed by atoms with van der Waals surface area (Å²) in [4.78, 5) is 14.0. The summed E-state index contributed by atoms with van der Waals surface area (Å²) in [5.41, 5.74) is 1.32. The van der Waals surface area contributed by atoms with E-state index in [0.717, 1.165) is 5.69 Å². The van der Waals surface area contributed by atoms with Crippen LogP contribution >= 0.6 is 11.6 Å². The number of carbonyl (C=O) groups is 1. The van der Waals surface area contributed by atoms with Gasteiger partial charge < -0.3 is 9.64 Å². The third-order valence-corrected chi connectivity index (χ3v) is 6.56. The van der Waals surface area contributed by atoms with Gasteiger partial charge in [-0.05, 0) is 49.4 Å². The molecular weight excluding hydrogens is 388 g/mol. The molecule has 1 heterocycles. The molecule has 27 heavy (non-hydrogen) atoms. The normalized spacial score (nSPS) is 15.6. The molecule has 0 radical (unpaired) electrons. The highest BCUT2D eigenvalue weighted by atomic mass is 35.5. The Morgan fingerprint density at radius 3 is 2.33 bits per heavy atom. The third-order valence-electron chi connectivity index (χ3n) is 4.42. The van der Waals surface area contributed by atoms with Crippen LogP contribution in [0, 0.1) is 0 Å². The van der Waals surface area contributed by atoms with Crippen molar-refractivity contribution in [3.05, 3.63) is 59.1 Å². The summed E-state index contributed by atoms with van der Waals surface area (Å²) in [6, 6.07) is 13.4. The van der Waals surface area contributed by atoms with Gasteiger partial charge in [0.15, 0.2) is 0 Å². The molecule has 1 fully saturated rings. The van der Waals surface area contributed by atoms with Crippen molar-refractivity contribution >= 4 is 33.3 Å². The van der Waals surface area contributed by atoms with Crippen molar-refractivity contribution in [3.8, 4) is 0 Å². The van der Waals surface area contributed by atoms with Crippen LogP contribution in [0.3, 0.4) is 0 Å². The molecule has 144 valence electrons. The van der Waals surface area contributed by atoms with Crippen LogP contribution in [0.2, 0.25) is 5.02 Å². The second-order valence-corrected chi connectivity index (χ2v) is 8.49. The molecular formula is C19H21ClN2O4S. The number of halogens is 1. The highest BCUT2D eigenvalue weighted by molar-refractivity contribution is 7.89. The number of piperazine rings is 1. The maximum atomic E-state index is 12.9. The number of benzene rings is 2. The van der Waals surface area contributed by atoms with E-state index in [1.165, 1.54) is 28.6 Å². The van der Waals surface area contributed by atoms with E-state index in [4.69, 9.17) is 16.3 Å². The Morgan fingerprint density at radius 1 is 1.07 bits per heavy atom. The quantitative estimate of drug-likeness (QED) is 0.711. The number of sulfonamides is 1. The lowest BCUT2D eigenvalue weighted by Gasteiger charge is -2.35. The summed E-state index contributed by atoms with van der Waals surface area (Å²) in [7, 11) is -3.60. The van der Waals surface area contributed by atoms with Crippen LogP contribution in [0.15, 0.2) is 53.4 Å². The third kappa shape index (κ3) is 4.43. The average Bonchev–Trinajstić information content (AvgIpc) is 2.68. The Bertz CT molecular complexity index is 908. The van der Waals surface area contributed by atoms with Gasteiger partial charge >= 0.3 is 5.97 Å². The van der Waals surface area contributed by atoms with Crippen LogP contribution in [0.25, 0.3) is 0 Å². The molecule has 0 amide bonds. The molecule has 0 aromatic heterocycles. The van der Waals surface area contributed by atoms with Crippen molar-refractivity contribution in [2.24, 2.45) is 0 Å². The Labute approximate surface area is 164 Å². The average molecular weight is 409 g/mol. The number of rotatable bonds is 5. The Balaban J connectivity index is 1.68. The van der Waals surface area contributed by atoms with Gasteiger partial charge in [0.2, 0.25) is 10.0 Å². The lowest BCUT2D eigenvalue weighted by Crippen LogP contribution is -2.48. The maximum Gasteiger partial charge on any atom is 0.338 e. The van der Waals surface area contributed by atoms with Gasteiger partial charge in [0.05, 0.1) is 17.1 Å². The van der Waals surface area contributed by atoms with E-state index in [9.17, 15) is 13.2 Å². The number of ether oxygens (including phenoxy) is 1. The van der Waals surface area contributed by atoms with E-state index in [1.807, 2.05) is 24.3 Å². The van der Waals surface area contributed by atoms with Crippen molar-refractivity contribution in [1.82, 2.24) is 4.31 Å². The van der Waals surface area contributed by atoms with Gasteiger partial charge in [0.1, 0.15) is 0 Å². The summed E-state index contributed by atoms with van der Waals surface area (Å²) >= 11 is 6.03. The van der Waals surface area contributed by atoms with Gasteiger partial charge in [-0.25, -0.2) is 13.2 Å². The van der Waals surface area contributed by atoms with Crippen LogP contribution in [0.4, 0.5) is 5.69 Å². The topological polar surface area (TPSA) is 66.9 Å². The van der Waals surface area contributed by atoms with Crippen molar-refractivity contribution < 1.29 is 17.9 Å². The first-order valence-corrected chi connectivity index (χ1v) is 10.5. The number of nitrogens with zero attached hydrogens (tertiary/aromatic N) is 2. The molecule has 0 saturated carbocycles. The molecule has 1 saturated heterocycles. The predicted molar refractivity (Wildman–Crippen MR) is 105 cm³/mol. The van der Waals surface area contributed by atoms with E-state index < -0.39 is 16.0 Å². The predicted octanol–water partition coefficient (Wildman–Crippen LogP) is 3.03. The molecule has 0 bridgehead atoms. The molecule has 0 aliphatic carbocycles. The van der Waals surface area contributed by atoms with E-state index in [0.29, 0.717) is 36.8 Å². The van der Waals surface area contributed by atoms with Gasteiger partial charge in [-0.15, -0.1) is 0 Å².